The van der Waals surface area contributed by atoms with Crippen LogP contribution >= 0.6 is 11.6 Å². The normalized spacial score (nSPS) is 11.2. The van der Waals surface area contributed by atoms with Crippen molar-refractivity contribution < 1.29 is 4.39 Å². The zero-order valence-corrected chi connectivity index (χ0v) is 12.1. The molecule has 0 spiro atoms. The van der Waals surface area contributed by atoms with E-state index in [0.29, 0.717) is 5.56 Å². The van der Waals surface area contributed by atoms with Gasteiger partial charge in [0.25, 0.3) is 0 Å². The summed E-state index contributed by atoms with van der Waals surface area (Å²) in [5.41, 5.74) is 4.33. The fourth-order valence-corrected chi connectivity index (χ4v) is 2.66. The molecule has 2 nitrogen and oxygen atoms in total. The quantitative estimate of drug-likeness (QED) is 0.634. The fourth-order valence-electron chi connectivity index (χ4n) is 2.48. The summed E-state index contributed by atoms with van der Waals surface area (Å²) < 4.78 is 15.8. The highest BCUT2D eigenvalue weighted by Gasteiger charge is 2.15. The Labute approximate surface area is 121 Å². The number of rotatable bonds is 2. The van der Waals surface area contributed by atoms with Crippen LogP contribution in [0.1, 0.15) is 17.0 Å². The van der Waals surface area contributed by atoms with Gasteiger partial charge < -0.3 is 0 Å². The van der Waals surface area contributed by atoms with Gasteiger partial charge in [0.15, 0.2) is 0 Å². The Morgan fingerprint density at radius 3 is 2.65 bits per heavy atom. The lowest BCUT2D eigenvalue weighted by Gasteiger charge is -2.11. The Hall–Kier alpha value is -1.87. The summed E-state index contributed by atoms with van der Waals surface area (Å²) >= 11 is 6.02. The molecule has 0 bridgehead atoms. The molecule has 1 heterocycles. The van der Waals surface area contributed by atoms with Gasteiger partial charge in [-0.15, -0.1) is 11.6 Å². The topological polar surface area (TPSA) is 17.8 Å². The van der Waals surface area contributed by atoms with E-state index >= 15 is 0 Å². The molecule has 102 valence electrons. The molecular formula is C16H14ClFN2. The second-order valence-electron chi connectivity index (χ2n) is 4.82. The highest BCUT2D eigenvalue weighted by molar-refractivity contribution is 6.17. The number of hydrogen-bond acceptors (Lipinski definition) is 1. The standard InChI is InChI=1S/C16H14ClFN2/c1-10-5-3-8-14-16(10)19-15(9-17)20(14)13-7-4-6-12(18)11(13)2/h3-8H,9H2,1-2H3. The Morgan fingerprint density at radius 2 is 1.90 bits per heavy atom. The number of hydrogen-bond donors (Lipinski definition) is 0. The van der Waals surface area contributed by atoms with Crippen LogP contribution in [0.3, 0.4) is 0 Å². The van der Waals surface area contributed by atoms with Crippen molar-refractivity contribution in [3.05, 3.63) is 59.2 Å². The first-order chi connectivity index (χ1) is 9.63. The predicted molar refractivity (Wildman–Crippen MR) is 80.1 cm³/mol. The lowest BCUT2D eigenvalue weighted by Crippen LogP contribution is -2.02. The maximum atomic E-state index is 13.8. The van der Waals surface area contributed by atoms with Gasteiger partial charge >= 0.3 is 0 Å². The predicted octanol–water partition coefficient (Wildman–Crippen LogP) is 4.52. The van der Waals surface area contributed by atoms with Gasteiger partial charge in [0, 0.05) is 5.56 Å². The number of aryl methyl sites for hydroxylation is 1. The van der Waals surface area contributed by atoms with Crippen molar-refractivity contribution in [2.75, 3.05) is 0 Å². The summed E-state index contributed by atoms with van der Waals surface area (Å²) in [5, 5.41) is 0. The molecule has 0 aliphatic rings. The van der Waals surface area contributed by atoms with Crippen LogP contribution in [0.2, 0.25) is 0 Å². The van der Waals surface area contributed by atoms with Gasteiger partial charge in [-0.2, -0.15) is 0 Å². The maximum Gasteiger partial charge on any atom is 0.129 e. The maximum absolute atomic E-state index is 13.8. The minimum Gasteiger partial charge on any atom is -0.295 e. The van der Waals surface area contributed by atoms with Crippen LogP contribution < -0.4 is 0 Å². The van der Waals surface area contributed by atoms with Crippen LogP contribution in [0.25, 0.3) is 16.7 Å². The molecule has 0 amide bonds. The van der Waals surface area contributed by atoms with E-state index in [-0.39, 0.29) is 11.7 Å². The second-order valence-corrected chi connectivity index (χ2v) is 5.09. The monoisotopic (exact) mass is 288 g/mol. The van der Waals surface area contributed by atoms with Gasteiger partial charge in [-0.1, -0.05) is 18.2 Å². The van der Waals surface area contributed by atoms with Crippen LogP contribution in [0.4, 0.5) is 4.39 Å². The Balaban J connectivity index is 2.41. The van der Waals surface area contributed by atoms with Crippen molar-refractivity contribution in [1.82, 2.24) is 9.55 Å². The molecule has 0 saturated heterocycles. The largest absolute Gasteiger partial charge is 0.295 e. The first-order valence-electron chi connectivity index (χ1n) is 6.42. The van der Waals surface area contributed by atoms with E-state index < -0.39 is 0 Å². The third-order valence-electron chi connectivity index (χ3n) is 3.56. The third kappa shape index (κ3) is 1.90. The van der Waals surface area contributed by atoms with Gasteiger partial charge in [0.2, 0.25) is 0 Å². The average Bonchev–Trinajstić information content (AvgIpc) is 2.82. The Bertz CT molecular complexity index is 793. The molecule has 3 aromatic rings. The number of imidazole rings is 1. The molecule has 3 rings (SSSR count). The summed E-state index contributed by atoms with van der Waals surface area (Å²) in [6.07, 6.45) is 0. The molecule has 0 aliphatic carbocycles. The third-order valence-corrected chi connectivity index (χ3v) is 3.79. The van der Waals surface area contributed by atoms with E-state index in [9.17, 15) is 4.39 Å². The van der Waals surface area contributed by atoms with Crippen molar-refractivity contribution in [1.29, 1.82) is 0 Å². The van der Waals surface area contributed by atoms with Crippen molar-refractivity contribution in [2.24, 2.45) is 0 Å². The summed E-state index contributed by atoms with van der Waals surface area (Å²) in [7, 11) is 0. The summed E-state index contributed by atoms with van der Waals surface area (Å²) in [5.74, 6) is 0.784. The molecule has 0 aliphatic heterocycles. The fraction of sp³-hybridized carbons (Fsp3) is 0.188. The Kier molecular flexibility index (Phi) is 3.22. The van der Waals surface area contributed by atoms with Crippen molar-refractivity contribution >= 4 is 22.6 Å². The Morgan fingerprint density at radius 1 is 1.15 bits per heavy atom. The van der Waals surface area contributed by atoms with E-state index in [0.717, 1.165) is 28.1 Å². The van der Waals surface area contributed by atoms with E-state index in [1.54, 1.807) is 13.0 Å². The molecule has 0 N–H and O–H groups in total. The smallest absolute Gasteiger partial charge is 0.129 e. The molecule has 4 heteroatoms. The van der Waals surface area contributed by atoms with Crippen LogP contribution in [0, 0.1) is 19.7 Å². The van der Waals surface area contributed by atoms with E-state index in [4.69, 9.17) is 11.6 Å². The molecule has 1 aromatic heterocycles. The highest BCUT2D eigenvalue weighted by Crippen LogP contribution is 2.27. The van der Waals surface area contributed by atoms with Gasteiger partial charge in [-0.3, -0.25) is 4.57 Å². The first-order valence-corrected chi connectivity index (χ1v) is 6.95. The minimum absolute atomic E-state index is 0.225. The van der Waals surface area contributed by atoms with E-state index in [2.05, 4.69) is 4.98 Å². The number of fused-ring (bicyclic) bond motifs is 1. The minimum atomic E-state index is -0.225. The zero-order chi connectivity index (χ0) is 14.3. The number of nitrogens with zero attached hydrogens (tertiary/aromatic N) is 2. The first kappa shape index (κ1) is 13.1. The van der Waals surface area contributed by atoms with Crippen LogP contribution in [-0.4, -0.2) is 9.55 Å². The van der Waals surface area contributed by atoms with Gasteiger partial charge in [-0.05, 0) is 37.6 Å². The van der Waals surface area contributed by atoms with Crippen molar-refractivity contribution in [3.63, 3.8) is 0 Å². The molecule has 2 aromatic carbocycles. The van der Waals surface area contributed by atoms with E-state index in [1.807, 2.05) is 35.8 Å². The lowest BCUT2D eigenvalue weighted by molar-refractivity contribution is 0.617. The van der Waals surface area contributed by atoms with Crippen molar-refractivity contribution in [3.8, 4) is 5.69 Å². The van der Waals surface area contributed by atoms with Gasteiger partial charge in [0.05, 0.1) is 22.6 Å². The molecule has 0 unspecified atom stereocenters. The number of benzene rings is 2. The van der Waals surface area contributed by atoms with E-state index in [1.165, 1.54) is 6.07 Å². The van der Waals surface area contributed by atoms with Crippen LogP contribution in [0.15, 0.2) is 36.4 Å². The van der Waals surface area contributed by atoms with Gasteiger partial charge in [-0.25, -0.2) is 9.37 Å². The van der Waals surface area contributed by atoms with Crippen molar-refractivity contribution in [2.45, 2.75) is 19.7 Å². The summed E-state index contributed by atoms with van der Waals surface area (Å²) in [4.78, 5) is 4.59. The number of aromatic nitrogens is 2. The van der Waals surface area contributed by atoms with Crippen LogP contribution in [-0.2, 0) is 5.88 Å². The number of para-hydroxylation sites is 1. The lowest BCUT2D eigenvalue weighted by atomic mass is 10.1. The van der Waals surface area contributed by atoms with Crippen LogP contribution in [0.5, 0.6) is 0 Å². The number of alkyl halides is 1. The molecule has 0 fully saturated rings. The SMILES string of the molecule is Cc1c(F)cccc1-n1c(CCl)nc2c(C)cccc21. The molecule has 0 radical (unpaired) electrons. The molecule has 0 saturated carbocycles. The molecule has 20 heavy (non-hydrogen) atoms. The molecular weight excluding hydrogens is 275 g/mol. The second kappa shape index (κ2) is 4.91. The number of halogens is 2. The average molecular weight is 289 g/mol. The highest BCUT2D eigenvalue weighted by atomic mass is 35.5. The summed E-state index contributed by atoms with van der Waals surface area (Å²) in [6.45, 7) is 3.78. The molecule has 0 atom stereocenters. The zero-order valence-electron chi connectivity index (χ0n) is 11.3. The summed E-state index contributed by atoms with van der Waals surface area (Å²) in [6, 6.07) is 11.0. The van der Waals surface area contributed by atoms with Gasteiger partial charge in [0.1, 0.15) is 11.6 Å².